The van der Waals surface area contributed by atoms with Gasteiger partial charge in [-0.1, -0.05) is 12.2 Å². The minimum atomic E-state index is -0.756. The number of esters is 1. The predicted molar refractivity (Wildman–Crippen MR) is 60.6 cm³/mol. The Hall–Kier alpha value is -1.89. The number of thiocarbonyl (C=S) groups is 1. The summed E-state index contributed by atoms with van der Waals surface area (Å²) in [6.07, 6.45) is 0. The van der Waals surface area contributed by atoms with Crippen LogP contribution in [0, 0.1) is 0 Å². The van der Waals surface area contributed by atoms with E-state index >= 15 is 0 Å². The molecule has 0 atom stereocenters. The minimum absolute atomic E-state index is 0.0455. The van der Waals surface area contributed by atoms with Crippen molar-refractivity contribution in [2.24, 2.45) is 5.73 Å². The second-order valence-electron chi connectivity index (χ2n) is 2.86. The van der Waals surface area contributed by atoms with Crippen LogP contribution in [-0.2, 0) is 4.74 Å². The third kappa shape index (κ3) is 2.37. The molecule has 0 radical (unpaired) electrons. The number of rotatable bonds is 3. The molecule has 0 amide bonds. The van der Waals surface area contributed by atoms with Gasteiger partial charge in [-0.3, -0.25) is 9.78 Å². The Bertz CT molecular complexity index is 495. The van der Waals surface area contributed by atoms with E-state index < -0.39 is 17.4 Å². The first kappa shape index (κ1) is 12.2. The lowest BCUT2D eigenvalue weighted by Crippen LogP contribution is -2.24. The zero-order chi connectivity index (χ0) is 12.3. The summed E-state index contributed by atoms with van der Waals surface area (Å²) in [4.78, 5) is 24.5. The number of aromatic amines is 1. The first-order valence-corrected chi connectivity index (χ1v) is 4.81. The van der Waals surface area contributed by atoms with Gasteiger partial charge in [0.25, 0.3) is 5.56 Å². The molecule has 4 N–H and O–H groups in total. The lowest BCUT2D eigenvalue weighted by atomic mass is 10.2. The Balaban J connectivity index is 3.30. The lowest BCUT2D eigenvalue weighted by molar-refractivity contribution is 0.0522. The second kappa shape index (κ2) is 4.75. The topological polar surface area (TPSA) is 105 Å². The average molecular weight is 242 g/mol. The van der Waals surface area contributed by atoms with Gasteiger partial charge in [-0.2, -0.15) is 0 Å². The van der Waals surface area contributed by atoms with Crippen LogP contribution >= 0.6 is 12.2 Å². The number of aromatic nitrogens is 1. The van der Waals surface area contributed by atoms with E-state index in [0.717, 1.165) is 6.07 Å². The van der Waals surface area contributed by atoms with Gasteiger partial charge < -0.3 is 15.6 Å². The molecule has 1 aromatic heterocycles. The molecule has 0 aliphatic heterocycles. The Labute approximate surface area is 96.0 Å². The largest absolute Gasteiger partial charge is 0.494 e. The first-order valence-electron chi connectivity index (χ1n) is 4.40. The number of hydrogen-bond donors (Lipinski definition) is 3. The zero-order valence-electron chi connectivity index (χ0n) is 8.44. The summed E-state index contributed by atoms with van der Waals surface area (Å²) >= 11 is 4.63. The molecule has 1 aromatic rings. The molecule has 16 heavy (non-hydrogen) atoms. The molecule has 0 fully saturated rings. The standard InChI is InChI=1S/C9H10N2O4S/c1-2-15-9(14)5-3-4(6(10)16)7(12)11-8(5)13/h3H,2H2,1H3,(H2,10,16)(H2,11,12,13). The molecule has 86 valence electrons. The Morgan fingerprint density at radius 1 is 1.62 bits per heavy atom. The van der Waals surface area contributed by atoms with Crippen molar-refractivity contribution in [3.05, 3.63) is 27.5 Å². The van der Waals surface area contributed by atoms with E-state index in [1.54, 1.807) is 6.92 Å². The molecule has 0 bridgehead atoms. The van der Waals surface area contributed by atoms with Gasteiger partial charge in [0.15, 0.2) is 0 Å². The van der Waals surface area contributed by atoms with Crippen LogP contribution in [0.1, 0.15) is 22.8 Å². The van der Waals surface area contributed by atoms with Gasteiger partial charge in [0, 0.05) is 0 Å². The average Bonchev–Trinajstić information content (AvgIpc) is 2.17. The fourth-order valence-electron chi connectivity index (χ4n) is 1.07. The maximum Gasteiger partial charge on any atom is 0.343 e. The molecule has 0 saturated heterocycles. The molecule has 0 aromatic carbocycles. The van der Waals surface area contributed by atoms with Crippen LogP contribution in [0.2, 0.25) is 0 Å². The lowest BCUT2D eigenvalue weighted by Gasteiger charge is -2.05. The summed E-state index contributed by atoms with van der Waals surface area (Å²) in [5.41, 5.74) is 4.41. The highest BCUT2D eigenvalue weighted by Crippen LogP contribution is 2.13. The van der Waals surface area contributed by atoms with Crippen LogP contribution in [0.3, 0.4) is 0 Å². The number of ether oxygens (including phenoxy) is 1. The van der Waals surface area contributed by atoms with Crippen LogP contribution in [0.5, 0.6) is 5.88 Å². The number of carbonyl (C=O) groups excluding carboxylic acids is 1. The summed E-state index contributed by atoms with van der Waals surface area (Å²) in [7, 11) is 0. The summed E-state index contributed by atoms with van der Waals surface area (Å²) in [5.74, 6) is -1.32. The molecule has 1 rings (SSSR count). The number of nitrogens with one attached hydrogen (secondary N) is 1. The summed E-state index contributed by atoms with van der Waals surface area (Å²) in [6, 6.07) is 1.11. The number of aromatic hydroxyl groups is 1. The van der Waals surface area contributed by atoms with Gasteiger partial charge in [0.1, 0.15) is 10.6 Å². The van der Waals surface area contributed by atoms with Crippen LogP contribution in [0.15, 0.2) is 10.9 Å². The number of carbonyl (C=O) groups is 1. The van der Waals surface area contributed by atoms with Crippen LogP contribution in [-0.4, -0.2) is 27.7 Å². The summed E-state index contributed by atoms with van der Waals surface area (Å²) in [6.45, 7) is 1.77. The maximum absolute atomic E-state index is 11.4. The second-order valence-corrected chi connectivity index (χ2v) is 3.30. The SMILES string of the molecule is CCOC(=O)c1cc(C(N)=S)c(=O)[nH]c1O. The van der Waals surface area contributed by atoms with Crippen molar-refractivity contribution in [2.45, 2.75) is 6.92 Å². The van der Waals surface area contributed by atoms with E-state index in [-0.39, 0.29) is 22.7 Å². The molecule has 6 nitrogen and oxygen atoms in total. The highest BCUT2D eigenvalue weighted by molar-refractivity contribution is 7.80. The van der Waals surface area contributed by atoms with Gasteiger partial charge >= 0.3 is 5.97 Å². The third-order valence-electron chi connectivity index (χ3n) is 1.78. The Kier molecular flexibility index (Phi) is 3.62. The van der Waals surface area contributed by atoms with Crippen LogP contribution < -0.4 is 11.3 Å². The summed E-state index contributed by atoms with van der Waals surface area (Å²) < 4.78 is 4.68. The Morgan fingerprint density at radius 2 is 2.25 bits per heavy atom. The predicted octanol–water partition coefficient (Wildman–Crippen LogP) is -0.109. The maximum atomic E-state index is 11.4. The van der Waals surface area contributed by atoms with Crippen LogP contribution in [0.4, 0.5) is 0 Å². The normalized spacial score (nSPS) is 9.81. The highest BCUT2D eigenvalue weighted by Gasteiger charge is 2.16. The van der Waals surface area contributed by atoms with Crippen molar-refractivity contribution in [3.8, 4) is 5.88 Å². The molecule has 0 spiro atoms. The van der Waals surface area contributed by atoms with E-state index in [4.69, 9.17) is 5.73 Å². The molecule has 1 heterocycles. The van der Waals surface area contributed by atoms with Gasteiger partial charge in [-0.05, 0) is 13.0 Å². The number of H-pyrrole nitrogens is 1. The number of hydrogen-bond acceptors (Lipinski definition) is 5. The van der Waals surface area contributed by atoms with Crippen molar-refractivity contribution in [3.63, 3.8) is 0 Å². The molecular weight excluding hydrogens is 232 g/mol. The van der Waals surface area contributed by atoms with Crippen molar-refractivity contribution in [1.29, 1.82) is 0 Å². The van der Waals surface area contributed by atoms with E-state index in [9.17, 15) is 14.7 Å². The smallest absolute Gasteiger partial charge is 0.343 e. The van der Waals surface area contributed by atoms with Crippen molar-refractivity contribution < 1.29 is 14.6 Å². The van der Waals surface area contributed by atoms with Gasteiger partial charge in [-0.25, -0.2) is 4.79 Å². The molecule has 0 unspecified atom stereocenters. The molecular formula is C9H10N2O4S. The molecule has 0 aliphatic carbocycles. The molecule has 0 saturated carbocycles. The van der Waals surface area contributed by atoms with Gasteiger partial charge in [-0.15, -0.1) is 0 Å². The molecule has 7 heteroatoms. The number of pyridine rings is 1. The van der Waals surface area contributed by atoms with Crippen molar-refractivity contribution in [2.75, 3.05) is 6.61 Å². The van der Waals surface area contributed by atoms with E-state index in [1.807, 2.05) is 0 Å². The highest BCUT2D eigenvalue weighted by atomic mass is 32.1. The van der Waals surface area contributed by atoms with Crippen molar-refractivity contribution in [1.82, 2.24) is 4.98 Å². The Morgan fingerprint density at radius 3 is 2.75 bits per heavy atom. The minimum Gasteiger partial charge on any atom is -0.494 e. The van der Waals surface area contributed by atoms with E-state index in [0.29, 0.717) is 0 Å². The van der Waals surface area contributed by atoms with Crippen molar-refractivity contribution >= 4 is 23.2 Å². The number of nitrogens with two attached hydrogens (primary N) is 1. The quantitative estimate of drug-likeness (QED) is 0.504. The fraction of sp³-hybridized carbons (Fsp3) is 0.222. The zero-order valence-corrected chi connectivity index (χ0v) is 9.26. The monoisotopic (exact) mass is 242 g/mol. The van der Waals surface area contributed by atoms with Gasteiger partial charge in [0.05, 0.1) is 12.2 Å². The summed E-state index contributed by atoms with van der Waals surface area (Å²) in [5, 5.41) is 9.35. The fourth-order valence-corrected chi connectivity index (χ4v) is 1.22. The van der Waals surface area contributed by atoms with Gasteiger partial charge in [0.2, 0.25) is 5.88 Å². The first-order chi connectivity index (χ1) is 7.47. The van der Waals surface area contributed by atoms with E-state index in [1.165, 1.54) is 0 Å². The third-order valence-corrected chi connectivity index (χ3v) is 2.00. The molecule has 0 aliphatic rings. The van der Waals surface area contributed by atoms with E-state index in [2.05, 4.69) is 21.9 Å². The van der Waals surface area contributed by atoms with Crippen LogP contribution in [0.25, 0.3) is 0 Å².